The predicted molar refractivity (Wildman–Crippen MR) is 210 cm³/mol. The summed E-state index contributed by atoms with van der Waals surface area (Å²) in [6.07, 6.45) is 40.5. The molecule has 0 N–H and O–H groups in total. The van der Waals surface area contributed by atoms with Crippen LogP contribution < -0.4 is 0 Å². The Hall–Kier alpha value is -1.10. The van der Waals surface area contributed by atoms with Crippen molar-refractivity contribution < 1.29 is 23.8 Å². The second-order valence-corrected chi connectivity index (χ2v) is 15.3. The maximum atomic E-state index is 11.9. The summed E-state index contributed by atoms with van der Waals surface area (Å²) in [6.45, 7) is 10.6. The van der Waals surface area contributed by atoms with E-state index >= 15 is 0 Å². The first-order valence-electron chi connectivity index (χ1n) is 21.9. The van der Waals surface area contributed by atoms with E-state index in [1.807, 2.05) is 0 Å². The van der Waals surface area contributed by atoms with Gasteiger partial charge in [-0.15, -0.1) is 0 Å². The summed E-state index contributed by atoms with van der Waals surface area (Å²) < 4.78 is 16.0. The number of hydrogen-bond acceptors (Lipinski definition) is 5. The third-order valence-corrected chi connectivity index (χ3v) is 10.5. The predicted octanol–water partition coefficient (Wildman–Crippen LogP) is 13.9. The molecule has 0 spiro atoms. The molecule has 0 aromatic rings. The molecule has 0 aromatic heterocycles. The molecule has 0 aliphatic rings. The molecule has 0 fully saturated rings. The molecule has 0 aromatic carbocycles. The van der Waals surface area contributed by atoms with E-state index in [9.17, 15) is 9.59 Å². The van der Waals surface area contributed by atoms with Gasteiger partial charge in [-0.3, -0.25) is 9.59 Å². The van der Waals surface area contributed by atoms with Gasteiger partial charge >= 0.3 is 11.9 Å². The highest BCUT2D eigenvalue weighted by molar-refractivity contribution is 5.69. The van der Waals surface area contributed by atoms with Gasteiger partial charge in [-0.05, 0) is 24.7 Å². The lowest BCUT2D eigenvalue weighted by Gasteiger charge is -2.08. The van der Waals surface area contributed by atoms with Gasteiger partial charge in [0.05, 0.1) is 13.2 Å². The van der Waals surface area contributed by atoms with E-state index in [4.69, 9.17) is 14.2 Å². The van der Waals surface area contributed by atoms with E-state index in [-0.39, 0.29) is 25.2 Å². The van der Waals surface area contributed by atoms with Gasteiger partial charge in [0.15, 0.2) is 0 Å². The smallest absolute Gasteiger partial charge is 0.305 e. The zero-order valence-corrected chi connectivity index (χ0v) is 33.7. The van der Waals surface area contributed by atoms with Gasteiger partial charge < -0.3 is 14.2 Å². The summed E-state index contributed by atoms with van der Waals surface area (Å²) in [5.41, 5.74) is 0. The van der Waals surface area contributed by atoms with Crippen molar-refractivity contribution in [1.29, 1.82) is 0 Å². The van der Waals surface area contributed by atoms with Gasteiger partial charge in [0.2, 0.25) is 0 Å². The van der Waals surface area contributed by atoms with Crippen molar-refractivity contribution in [2.24, 2.45) is 11.8 Å². The lowest BCUT2D eigenvalue weighted by atomic mass is 9.99. The summed E-state index contributed by atoms with van der Waals surface area (Å²) >= 11 is 0. The molecule has 0 amide bonds. The number of esters is 2. The summed E-state index contributed by atoms with van der Waals surface area (Å²) in [7, 11) is 0. The van der Waals surface area contributed by atoms with Crippen molar-refractivity contribution in [2.45, 2.75) is 233 Å². The van der Waals surface area contributed by atoms with E-state index in [0.29, 0.717) is 26.1 Å². The number of unbranched alkanes of at least 4 members (excludes halogenated alkanes) is 24. The molecule has 2 atom stereocenters. The Morgan fingerprint density at radius 2 is 0.612 bits per heavy atom. The Morgan fingerprint density at radius 3 is 0.878 bits per heavy atom. The second kappa shape index (κ2) is 39.7. The molecule has 0 aliphatic heterocycles. The van der Waals surface area contributed by atoms with E-state index < -0.39 is 0 Å². The van der Waals surface area contributed by atoms with Crippen molar-refractivity contribution in [2.75, 3.05) is 26.4 Å². The number of hydrogen-bond donors (Lipinski definition) is 0. The van der Waals surface area contributed by atoms with Crippen LogP contribution in [0.3, 0.4) is 0 Å². The van der Waals surface area contributed by atoms with E-state index in [1.54, 1.807) is 0 Å². The highest BCUT2D eigenvalue weighted by Gasteiger charge is 2.05. The highest BCUT2D eigenvalue weighted by Crippen LogP contribution is 2.17. The van der Waals surface area contributed by atoms with Crippen molar-refractivity contribution in [3.05, 3.63) is 0 Å². The molecule has 0 saturated heterocycles. The zero-order chi connectivity index (χ0) is 35.9. The first kappa shape index (κ1) is 47.9. The van der Waals surface area contributed by atoms with Crippen LogP contribution in [-0.2, 0) is 23.8 Å². The lowest BCUT2D eigenvalue weighted by molar-refractivity contribution is -0.146. The van der Waals surface area contributed by atoms with Gasteiger partial charge in [-0.1, -0.05) is 207 Å². The quantitative estimate of drug-likeness (QED) is 0.0472. The summed E-state index contributed by atoms with van der Waals surface area (Å²) in [5, 5.41) is 0. The fourth-order valence-corrected chi connectivity index (χ4v) is 6.50. The second-order valence-electron chi connectivity index (χ2n) is 15.3. The normalized spacial score (nSPS) is 12.7. The van der Waals surface area contributed by atoms with E-state index in [1.165, 1.54) is 167 Å². The van der Waals surface area contributed by atoms with Gasteiger partial charge in [0, 0.05) is 12.8 Å². The molecule has 0 saturated carbocycles. The number of carbonyl (C=O) groups is 2. The SMILES string of the molecule is CCC(C)CCCCCCCCCCCCCCCC(=O)OCCOCCOC(=O)CCCCCCCCCCCCCCCC(C)CC. The molecule has 0 rings (SSSR count). The summed E-state index contributed by atoms with van der Waals surface area (Å²) in [5.74, 6) is 1.54. The minimum absolute atomic E-state index is 0.136. The molecular weight excluding hydrogens is 608 g/mol. The number of carbonyl (C=O) groups excluding carboxylic acids is 2. The van der Waals surface area contributed by atoms with Crippen molar-refractivity contribution in [3.63, 3.8) is 0 Å². The van der Waals surface area contributed by atoms with E-state index in [2.05, 4.69) is 27.7 Å². The third kappa shape index (κ3) is 39.5. The summed E-state index contributed by atoms with van der Waals surface area (Å²) in [6, 6.07) is 0. The lowest BCUT2D eigenvalue weighted by Crippen LogP contribution is -2.14. The Balaban J connectivity index is 3.26. The Bertz CT molecular complexity index is 624. The molecule has 49 heavy (non-hydrogen) atoms. The fraction of sp³-hybridized carbons (Fsp3) is 0.955. The van der Waals surface area contributed by atoms with Crippen LogP contribution in [0.2, 0.25) is 0 Å². The highest BCUT2D eigenvalue weighted by atomic mass is 16.6. The van der Waals surface area contributed by atoms with Crippen LogP contribution in [0, 0.1) is 11.8 Å². The molecule has 2 unspecified atom stereocenters. The van der Waals surface area contributed by atoms with Crippen LogP contribution in [0.25, 0.3) is 0 Å². The molecule has 5 nitrogen and oxygen atoms in total. The largest absolute Gasteiger partial charge is 0.463 e. The van der Waals surface area contributed by atoms with Crippen LogP contribution in [-0.4, -0.2) is 38.4 Å². The fourth-order valence-electron chi connectivity index (χ4n) is 6.50. The number of ether oxygens (including phenoxy) is 3. The molecule has 5 heteroatoms. The standard InChI is InChI=1S/C44H86O5/c1-5-41(3)33-29-25-21-17-13-9-7-11-15-19-23-27-31-35-43(45)48-39-37-47-38-40-49-44(46)36-32-28-24-20-16-12-8-10-14-18-22-26-30-34-42(4)6-2/h41-42H,5-40H2,1-4H3. The molecular formula is C44H86O5. The van der Waals surface area contributed by atoms with Crippen molar-refractivity contribution in [1.82, 2.24) is 0 Å². The zero-order valence-electron chi connectivity index (χ0n) is 33.7. The van der Waals surface area contributed by atoms with E-state index in [0.717, 1.165) is 37.5 Å². The van der Waals surface area contributed by atoms with Crippen LogP contribution in [0.15, 0.2) is 0 Å². The Labute approximate surface area is 306 Å². The molecule has 292 valence electrons. The van der Waals surface area contributed by atoms with Crippen LogP contribution >= 0.6 is 0 Å². The molecule has 0 aliphatic carbocycles. The maximum Gasteiger partial charge on any atom is 0.305 e. The van der Waals surface area contributed by atoms with Crippen molar-refractivity contribution >= 4 is 11.9 Å². The average Bonchev–Trinajstić information content (AvgIpc) is 3.10. The maximum absolute atomic E-state index is 11.9. The molecule has 0 radical (unpaired) electrons. The minimum Gasteiger partial charge on any atom is -0.463 e. The van der Waals surface area contributed by atoms with Crippen LogP contribution in [0.1, 0.15) is 233 Å². The first-order valence-corrected chi connectivity index (χ1v) is 21.9. The van der Waals surface area contributed by atoms with Crippen LogP contribution in [0.4, 0.5) is 0 Å². The topological polar surface area (TPSA) is 61.8 Å². The Morgan fingerprint density at radius 1 is 0.367 bits per heavy atom. The van der Waals surface area contributed by atoms with Crippen LogP contribution in [0.5, 0.6) is 0 Å². The first-order chi connectivity index (χ1) is 24.0. The minimum atomic E-state index is -0.136. The van der Waals surface area contributed by atoms with Gasteiger partial charge in [-0.25, -0.2) is 0 Å². The molecule has 0 heterocycles. The van der Waals surface area contributed by atoms with Crippen molar-refractivity contribution in [3.8, 4) is 0 Å². The molecule has 0 bridgehead atoms. The Kier molecular flexibility index (Phi) is 38.8. The average molecular weight is 695 g/mol. The van der Waals surface area contributed by atoms with Gasteiger partial charge in [-0.2, -0.15) is 0 Å². The van der Waals surface area contributed by atoms with Gasteiger partial charge in [0.1, 0.15) is 13.2 Å². The third-order valence-electron chi connectivity index (χ3n) is 10.5. The van der Waals surface area contributed by atoms with Gasteiger partial charge in [0.25, 0.3) is 0 Å². The summed E-state index contributed by atoms with van der Waals surface area (Å²) in [4.78, 5) is 23.9. The number of rotatable bonds is 40. The monoisotopic (exact) mass is 695 g/mol.